The standard InChI is InChI=1S/C21H23F3N2O4/c1-29-15-6-4-14(5-7-15)13-20(11-9-18(28)26-20)10-8-17(27)25-19(21(22,23)24)16-3-2-12-30-16/h2-7,12,19H,8-11,13H2,1H3,(H,25,27)(H,26,28). The molecule has 0 radical (unpaired) electrons. The van der Waals surface area contributed by atoms with Gasteiger partial charge in [0.25, 0.3) is 0 Å². The number of nitrogens with one attached hydrogen (secondary N) is 2. The van der Waals surface area contributed by atoms with Crippen molar-refractivity contribution < 1.29 is 31.9 Å². The third-order valence-electron chi connectivity index (χ3n) is 5.23. The summed E-state index contributed by atoms with van der Waals surface area (Å²) in [5.74, 6) is -0.576. The number of benzene rings is 1. The molecule has 1 aromatic heterocycles. The number of furan rings is 1. The highest BCUT2D eigenvalue weighted by molar-refractivity contribution is 5.80. The van der Waals surface area contributed by atoms with Crippen LogP contribution in [0.3, 0.4) is 0 Å². The van der Waals surface area contributed by atoms with E-state index in [9.17, 15) is 22.8 Å². The summed E-state index contributed by atoms with van der Waals surface area (Å²) in [7, 11) is 1.56. The van der Waals surface area contributed by atoms with Crippen molar-refractivity contribution in [3.05, 3.63) is 54.0 Å². The summed E-state index contributed by atoms with van der Waals surface area (Å²) in [5, 5.41) is 4.92. The molecule has 6 nitrogen and oxygen atoms in total. The molecule has 0 aliphatic carbocycles. The van der Waals surface area contributed by atoms with Gasteiger partial charge in [0.1, 0.15) is 11.5 Å². The number of methoxy groups -OCH3 is 1. The maximum absolute atomic E-state index is 13.3. The highest BCUT2D eigenvalue weighted by Gasteiger charge is 2.44. The summed E-state index contributed by atoms with van der Waals surface area (Å²) in [4.78, 5) is 24.2. The first-order chi connectivity index (χ1) is 14.2. The summed E-state index contributed by atoms with van der Waals surface area (Å²) in [6.45, 7) is 0. The third kappa shape index (κ3) is 5.34. The summed E-state index contributed by atoms with van der Waals surface area (Å²) >= 11 is 0. The van der Waals surface area contributed by atoms with Crippen LogP contribution in [0.5, 0.6) is 5.75 Å². The third-order valence-corrected chi connectivity index (χ3v) is 5.23. The smallest absolute Gasteiger partial charge is 0.415 e. The van der Waals surface area contributed by atoms with Crippen molar-refractivity contribution in [3.63, 3.8) is 0 Å². The van der Waals surface area contributed by atoms with Gasteiger partial charge in [-0.15, -0.1) is 0 Å². The van der Waals surface area contributed by atoms with E-state index < -0.39 is 23.7 Å². The van der Waals surface area contributed by atoms with E-state index >= 15 is 0 Å². The van der Waals surface area contributed by atoms with Crippen molar-refractivity contribution >= 4 is 11.8 Å². The molecule has 2 aromatic rings. The van der Waals surface area contributed by atoms with Crippen LogP contribution in [0.1, 0.15) is 43.0 Å². The number of hydrogen-bond donors (Lipinski definition) is 2. The zero-order chi connectivity index (χ0) is 21.8. The van der Waals surface area contributed by atoms with E-state index in [4.69, 9.17) is 9.15 Å². The maximum Gasteiger partial charge on any atom is 0.415 e. The minimum atomic E-state index is -4.68. The number of rotatable bonds is 8. The number of hydrogen-bond acceptors (Lipinski definition) is 4. The Kier molecular flexibility index (Phi) is 6.38. The van der Waals surface area contributed by atoms with Gasteiger partial charge in [0.2, 0.25) is 11.8 Å². The molecule has 30 heavy (non-hydrogen) atoms. The van der Waals surface area contributed by atoms with Gasteiger partial charge in [0.15, 0.2) is 6.04 Å². The van der Waals surface area contributed by atoms with Crippen molar-refractivity contribution in [1.29, 1.82) is 0 Å². The summed E-state index contributed by atoms with van der Waals surface area (Å²) < 4.78 is 49.9. The average Bonchev–Trinajstić information content (AvgIpc) is 3.35. The lowest BCUT2D eigenvalue weighted by atomic mass is 9.85. The molecule has 1 fully saturated rings. The van der Waals surface area contributed by atoms with Gasteiger partial charge < -0.3 is 19.8 Å². The molecular formula is C21H23F3N2O4. The van der Waals surface area contributed by atoms with E-state index in [2.05, 4.69) is 5.32 Å². The van der Waals surface area contributed by atoms with Crippen LogP contribution in [0.4, 0.5) is 13.2 Å². The molecule has 1 aliphatic rings. The number of halogens is 3. The zero-order valence-corrected chi connectivity index (χ0v) is 16.4. The second-order valence-electron chi connectivity index (χ2n) is 7.41. The Morgan fingerprint density at radius 2 is 2.03 bits per heavy atom. The number of amides is 2. The Hall–Kier alpha value is -2.97. The molecule has 1 saturated heterocycles. The predicted octanol–water partition coefficient (Wildman–Crippen LogP) is 3.68. The summed E-state index contributed by atoms with van der Waals surface area (Å²) in [6.07, 6.45) is -2.21. The van der Waals surface area contributed by atoms with Crippen LogP contribution in [0.2, 0.25) is 0 Å². The Morgan fingerprint density at radius 1 is 1.30 bits per heavy atom. The van der Waals surface area contributed by atoms with Crippen molar-refractivity contribution in [2.75, 3.05) is 7.11 Å². The van der Waals surface area contributed by atoms with Gasteiger partial charge >= 0.3 is 6.18 Å². The minimum absolute atomic E-state index is 0.132. The Balaban J connectivity index is 1.66. The Labute approximate surface area is 171 Å². The van der Waals surface area contributed by atoms with Crippen LogP contribution >= 0.6 is 0 Å². The lowest BCUT2D eigenvalue weighted by molar-refractivity contribution is -0.166. The molecule has 1 aromatic carbocycles. The predicted molar refractivity (Wildman–Crippen MR) is 102 cm³/mol. The first kappa shape index (κ1) is 21.7. The maximum atomic E-state index is 13.3. The molecular weight excluding hydrogens is 401 g/mol. The Bertz CT molecular complexity index is 865. The van der Waals surface area contributed by atoms with Gasteiger partial charge in [-0.2, -0.15) is 13.2 Å². The fraction of sp³-hybridized carbons (Fsp3) is 0.429. The fourth-order valence-corrected chi connectivity index (χ4v) is 3.67. The van der Waals surface area contributed by atoms with Crippen molar-refractivity contribution in [2.45, 2.75) is 49.9 Å². The molecule has 2 N–H and O–H groups in total. The topological polar surface area (TPSA) is 80.6 Å². The van der Waals surface area contributed by atoms with Crippen LogP contribution in [0, 0.1) is 0 Å². The monoisotopic (exact) mass is 424 g/mol. The fourth-order valence-electron chi connectivity index (χ4n) is 3.67. The lowest BCUT2D eigenvalue weighted by Gasteiger charge is -2.30. The molecule has 9 heteroatoms. The van der Waals surface area contributed by atoms with Crippen molar-refractivity contribution in [2.24, 2.45) is 0 Å². The van der Waals surface area contributed by atoms with E-state index in [0.29, 0.717) is 25.0 Å². The molecule has 0 spiro atoms. The second kappa shape index (κ2) is 8.81. The van der Waals surface area contributed by atoms with E-state index in [1.165, 1.54) is 12.1 Å². The average molecular weight is 424 g/mol. The van der Waals surface area contributed by atoms with E-state index in [1.54, 1.807) is 19.2 Å². The largest absolute Gasteiger partial charge is 0.497 e. The van der Waals surface area contributed by atoms with Crippen LogP contribution in [0.25, 0.3) is 0 Å². The molecule has 2 atom stereocenters. The van der Waals surface area contributed by atoms with Gasteiger partial charge in [-0.1, -0.05) is 12.1 Å². The van der Waals surface area contributed by atoms with Gasteiger partial charge in [-0.25, -0.2) is 0 Å². The number of ether oxygens (including phenoxy) is 1. The van der Waals surface area contributed by atoms with E-state index in [1.807, 2.05) is 17.4 Å². The lowest BCUT2D eigenvalue weighted by Crippen LogP contribution is -2.45. The molecule has 2 heterocycles. The normalized spacial score (nSPS) is 19.9. The minimum Gasteiger partial charge on any atom is -0.497 e. The van der Waals surface area contributed by atoms with Gasteiger partial charge in [-0.05, 0) is 49.1 Å². The summed E-state index contributed by atoms with van der Waals surface area (Å²) in [6, 6.07) is 7.60. The quantitative estimate of drug-likeness (QED) is 0.678. The van der Waals surface area contributed by atoms with E-state index in [0.717, 1.165) is 11.8 Å². The van der Waals surface area contributed by atoms with Gasteiger partial charge in [0.05, 0.1) is 13.4 Å². The first-order valence-electron chi connectivity index (χ1n) is 9.54. The second-order valence-corrected chi connectivity index (χ2v) is 7.41. The SMILES string of the molecule is COc1ccc(CC2(CCC(=O)NC(c3ccco3)C(F)(F)F)CCC(=O)N2)cc1. The molecule has 1 aliphatic heterocycles. The van der Waals surface area contributed by atoms with Crippen molar-refractivity contribution in [3.8, 4) is 5.75 Å². The first-order valence-corrected chi connectivity index (χ1v) is 9.54. The molecule has 2 unspecified atom stereocenters. The zero-order valence-electron chi connectivity index (χ0n) is 16.4. The highest BCUT2D eigenvalue weighted by Crippen LogP contribution is 2.34. The molecule has 3 rings (SSSR count). The molecule has 0 saturated carbocycles. The molecule has 2 amide bonds. The molecule has 0 bridgehead atoms. The van der Waals surface area contributed by atoms with Gasteiger partial charge in [0, 0.05) is 18.4 Å². The van der Waals surface area contributed by atoms with Crippen LogP contribution in [-0.2, 0) is 16.0 Å². The van der Waals surface area contributed by atoms with Crippen LogP contribution < -0.4 is 15.4 Å². The van der Waals surface area contributed by atoms with Crippen molar-refractivity contribution in [1.82, 2.24) is 10.6 Å². The van der Waals surface area contributed by atoms with E-state index in [-0.39, 0.29) is 24.5 Å². The number of alkyl halides is 3. The highest BCUT2D eigenvalue weighted by atomic mass is 19.4. The number of carbonyl (C=O) groups excluding carboxylic acids is 2. The molecule has 162 valence electrons. The van der Waals surface area contributed by atoms with Gasteiger partial charge in [-0.3, -0.25) is 9.59 Å². The van der Waals surface area contributed by atoms with Crippen LogP contribution in [0.15, 0.2) is 47.1 Å². The Morgan fingerprint density at radius 3 is 2.57 bits per heavy atom. The number of carbonyl (C=O) groups is 2. The van der Waals surface area contributed by atoms with Crippen LogP contribution in [-0.4, -0.2) is 30.6 Å². The summed E-state index contributed by atoms with van der Waals surface area (Å²) in [5.41, 5.74) is 0.253.